The van der Waals surface area contributed by atoms with Gasteiger partial charge in [-0.1, -0.05) is 11.6 Å². The van der Waals surface area contributed by atoms with Crippen LogP contribution in [0.5, 0.6) is 6.01 Å². The van der Waals surface area contributed by atoms with Crippen LogP contribution in [0.25, 0.3) is 21.9 Å². The van der Waals surface area contributed by atoms with E-state index in [2.05, 4.69) is 25.1 Å². The highest BCUT2D eigenvalue weighted by molar-refractivity contribution is 6.35. The predicted octanol–water partition coefficient (Wildman–Crippen LogP) is 3.31. The van der Waals surface area contributed by atoms with Gasteiger partial charge in [0, 0.05) is 56.4 Å². The highest BCUT2D eigenvalue weighted by Crippen LogP contribution is 2.38. The van der Waals surface area contributed by atoms with E-state index in [9.17, 15) is 4.39 Å². The molecule has 0 amide bonds. The Morgan fingerprint density at radius 3 is 2.68 bits per heavy atom. The number of halogens is 2. The van der Waals surface area contributed by atoms with Crippen molar-refractivity contribution in [3.05, 3.63) is 17.4 Å². The lowest BCUT2D eigenvalue weighted by Crippen LogP contribution is -2.51. The molecule has 7 rings (SSSR count). The van der Waals surface area contributed by atoms with Gasteiger partial charge >= 0.3 is 6.01 Å². The number of methoxy groups -OCH3 is 1. The molecular weight excluding hydrogens is 457 g/mol. The van der Waals surface area contributed by atoms with Crippen LogP contribution in [0.1, 0.15) is 32.1 Å². The third kappa shape index (κ3) is 3.78. The first-order chi connectivity index (χ1) is 16.5. The van der Waals surface area contributed by atoms with Gasteiger partial charge in [-0.05, 0) is 44.7 Å². The van der Waals surface area contributed by atoms with Crippen molar-refractivity contribution in [3.8, 4) is 6.01 Å². The summed E-state index contributed by atoms with van der Waals surface area (Å²) in [5.41, 5.74) is 1.69. The van der Waals surface area contributed by atoms with Crippen molar-refractivity contribution in [1.82, 2.24) is 29.7 Å². The summed E-state index contributed by atoms with van der Waals surface area (Å²) >= 11 is 6.37. The quantitative estimate of drug-likeness (QED) is 0.556. The van der Waals surface area contributed by atoms with E-state index in [0.29, 0.717) is 35.8 Å². The maximum atomic E-state index is 12.6. The third-order valence-corrected chi connectivity index (χ3v) is 8.09. The molecule has 2 bridgehead atoms. The Labute approximate surface area is 203 Å². The van der Waals surface area contributed by atoms with Crippen molar-refractivity contribution < 1.29 is 9.13 Å². The highest BCUT2D eigenvalue weighted by atomic mass is 35.5. The first-order valence-corrected chi connectivity index (χ1v) is 12.6. The van der Waals surface area contributed by atoms with Gasteiger partial charge in [-0.15, -0.1) is 0 Å². The molecular formula is C24H31ClFN7O. The van der Waals surface area contributed by atoms with Crippen molar-refractivity contribution in [2.45, 2.75) is 56.4 Å². The van der Waals surface area contributed by atoms with Crippen molar-refractivity contribution in [2.75, 3.05) is 38.2 Å². The zero-order valence-electron chi connectivity index (χ0n) is 19.7. The van der Waals surface area contributed by atoms with Gasteiger partial charge < -0.3 is 19.5 Å². The van der Waals surface area contributed by atoms with Crippen LogP contribution in [0.2, 0.25) is 5.15 Å². The zero-order valence-corrected chi connectivity index (χ0v) is 20.4. The molecule has 10 heteroatoms. The van der Waals surface area contributed by atoms with Crippen LogP contribution in [-0.4, -0.2) is 82.0 Å². The molecule has 7 heterocycles. The summed E-state index contributed by atoms with van der Waals surface area (Å²) in [5, 5.41) is 6.19. The van der Waals surface area contributed by atoms with Crippen molar-refractivity contribution in [2.24, 2.45) is 7.05 Å². The second-order valence-corrected chi connectivity index (χ2v) is 10.3. The van der Waals surface area contributed by atoms with E-state index in [1.165, 1.54) is 25.7 Å². The summed E-state index contributed by atoms with van der Waals surface area (Å²) in [6.45, 7) is 3.75. The number of aryl methyl sites for hydroxylation is 1. The van der Waals surface area contributed by atoms with Gasteiger partial charge in [0.25, 0.3) is 0 Å². The summed E-state index contributed by atoms with van der Waals surface area (Å²) < 4.78 is 20.0. The monoisotopic (exact) mass is 487 g/mol. The summed E-state index contributed by atoms with van der Waals surface area (Å²) in [6, 6.07) is 4.02. The van der Waals surface area contributed by atoms with E-state index in [1.54, 1.807) is 13.3 Å². The first-order valence-electron chi connectivity index (χ1n) is 12.3. The number of pyridine rings is 1. The number of nitrogens with zero attached hydrogens (tertiary/aromatic N) is 6. The standard InChI is InChI=1S/C17H19ClN6O.C7H12FN/c1-23-13-11(5-6-19-14(13)18)12-15(23)21-17(25-2)22-16(12)24-7-9-3-4-10(8-24)20-9;8-6-4-7-2-1-3-9(7)5-6/h5-6,9-10,20H,3-4,7-8H2,1-2H3;6-7H,1-5H2. The minimum Gasteiger partial charge on any atom is -0.467 e. The second-order valence-electron chi connectivity index (χ2n) is 9.96. The SMILES string of the molecule is COc1nc(N2CC3CCC(C2)N3)c2c3ccnc(Cl)c3n(C)c2n1.FC1CC2CCCN2C1. The van der Waals surface area contributed by atoms with Crippen molar-refractivity contribution in [1.29, 1.82) is 0 Å². The predicted molar refractivity (Wildman–Crippen MR) is 132 cm³/mol. The van der Waals surface area contributed by atoms with Crippen LogP contribution in [0.15, 0.2) is 12.3 Å². The number of hydrogen-bond acceptors (Lipinski definition) is 7. The Morgan fingerprint density at radius 1 is 1.15 bits per heavy atom. The largest absolute Gasteiger partial charge is 0.467 e. The van der Waals surface area contributed by atoms with Gasteiger partial charge in [0.05, 0.1) is 18.0 Å². The number of hydrogen-bond donors (Lipinski definition) is 1. The average Bonchev–Trinajstić information content (AvgIpc) is 3.57. The Morgan fingerprint density at radius 2 is 1.94 bits per heavy atom. The molecule has 0 spiro atoms. The van der Waals surface area contributed by atoms with Crippen molar-refractivity contribution >= 4 is 39.4 Å². The molecule has 34 heavy (non-hydrogen) atoms. The number of aromatic nitrogens is 4. The smallest absolute Gasteiger partial charge is 0.320 e. The molecule has 1 N–H and O–H groups in total. The maximum Gasteiger partial charge on any atom is 0.320 e. The van der Waals surface area contributed by atoms with Gasteiger partial charge in [-0.25, -0.2) is 9.37 Å². The van der Waals surface area contributed by atoms with E-state index in [0.717, 1.165) is 53.8 Å². The van der Waals surface area contributed by atoms with Gasteiger partial charge in [0.15, 0.2) is 5.15 Å². The molecule has 3 aromatic heterocycles. The van der Waals surface area contributed by atoms with Gasteiger partial charge in [0.1, 0.15) is 17.6 Å². The molecule has 4 atom stereocenters. The van der Waals surface area contributed by atoms with Crippen molar-refractivity contribution in [3.63, 3.8) is 0 Å². The molecule has 0 aromatic carbocycles. The summed E-state index contributed by atoms with van der Waals surface area (Å²) in [5.74, 6) is 0.924. The fourth-order valence-electron chi connectivity index (χ4n) is 6.27. The number of rotatable bonds is 2. The molecule has 4 unspecified atom stereocenters. The van der Waals surface area contributed by atoms with Crippen LogP contribution in [0.4, 0.5) is 10.2 Å². The minimum atomic E-state index is -0.518. The highest BCUT2D eigenvalue weighted by Gasteiger charge is 2.35. The van der Waals surface area contributed by atoms with E-state index in [1.807, 2.05) is 17.7 Å². The number of piperazine rings is 1. The topological polar surface area (TPSA) is 71.3 Å². The fourth-order valence-corrected chi connectivity index (χ4v) is 6.56. The number of nitrogens with one attached hydrogen (secondary N) is 1. The molecule has 182 valence electrons. The number of fused-ring (bicyclic) bond motifs is 6. The van der Waals surface area contributed by atoms with E-state index in [-0.39, 0.29) is 0 Å². The zero-order chi connectivity index (χ0) is 23.4. The van der Waals surface area contributed by atoms with Crippen LogP contribution in [0, 0.1) is 0 Å². The third-order valence-electron chi connectivity index (χ3n) is 7.81. The number of ether oxygens (including phenoxy) is 1. The van der Waals surface area contributed by atoms with Gasteiger partial charge in [-0.2, -0.15) is 9.97 Å². The fraction of sp³-hybridized carbons (Fsp3) is 0.625. The maximum absolute atomic E-state index is 12.6. The van der Waals surface area contributed by atoms with E-state index < -0.39 is 6.17 Å². The molecule has 4 fully saturated rings. The van der Waals surface area contributed by atoms with E-state index >= 15 is 0 Å². The van der Waals surface area contributed by atoms with Gasteiger partial charge in [0.2, 0.25) is 0 Å². The summed E-state index contributed by atoms with van der Waals surface area (Å²) in [4.78, 5) is 18.2. The Kier molecular flexibility index (Phi) is 5.74. The lowest BCUT2D eigenvalue weighted by Gasteiger charge is -2.34. The molecule has 0 aliphatic carbocycles. The molecule has 0 radical (unpaired) electrons. The Hall–Kier alpha value is -2.23. The molecule has 4 aliphatic rings. The molecule has 3 aromatic rings. The molecule has 8 nitrogen and oxygen atoms in total. The normalized spacial score (nSPS) is 28.4. The number of alkyl halides is 1. The lowest BCUT2D eigenvalue weighted by molar-refractivity contribution is 0.292. The molecule has 0 saturated carbocycles. The Bertz CT molecular complexity index is 1200. The van der Waals surface area contributed by atoms with Gasteiger partial charge in [-0.3, -0.25) is 4.90 Å². The molecule has 4 saturated heterocycles. The molecule has 4 aliphatic heterocycles. The first kappa shape index (κ1) is 22.2. The van der Waals surface area contributed by atoms with E-state index in [4.69, 9.17) is 21.3 Å². The van der Waals surface area contributed by atoms with Crippen LogP contribution < -0.4 is 15.0 Å². The van der Waals surface area contributed by atoms with Crippen LogP contribution in [-0.2, 0) is 7.05 Å². The van der Waals surface area contributed by atoms with Crippen LogP contribution >= 0.6 is 11.6 Å². The number of anilines is 1. The average molecular weight is 488 g/mol. The summed E-state index contributed by atoms with van der Waals surface area (Å²) in [6.07, 6.45) is 6.99. The summed E-state index contributed by atoms with van der Waals surface area (Å²) in [7, 11) is 3.56. The minimum absolute atomic E-state index is 0.378. The van der Waals surface area contributed by atoms with Crippen LogP contribution in [0.3, 0.4) is 0 Å². The lowest BCUT2D eigenvalue weighted by atomic mass is 10.1. The Balaban J connectivity index is 0.000000202. The second kappa shape index (κ2) is 8.77.